The summed E-state index contributed by atoms with van der Waals surface area (Å²) in [6.07, 6.45) is 3.63. The molecule has 1 saturated heterocycles. The second-order valence-corrected chi connectivity index (χ2v) is 7.28. The van der Waals surface area contributed by atoms with Crippen LogP contribution in [0.25, 0.3) is 10.9 Å². The van der Waals surface area contributed by atoms with Gasteiger partial charge in [0, 0.05) is 35.9 Å². The van der Waals surface area contributed by atoms with Gasteiger partial charge in [-0.1, -0.05) is 17.7 Å². The number of pyridine rings is 1. The molecule has 0 bridgehead atoms. The fraction of sp³-hybridized carbons (Fsp3) is 0.304. The molecule has 1 amide bonds. The Labute approximate surface area is 165 Å². The molecule has 5 nitrogen and oxygen atoms in total. The summed E-state index contributed by atoms with van der Waals surface area (Å²) in [5.74, 6) is 0.489. The summed E-state index contributed by atoms with van der Waals surface area (Å²) < 4.78 is 5.24. The molecule has 0 aliphatic carbocycles. The maximum atomic E-state index is 12.9. The molecule has 0 atom stereocenters. The number of piperidine rings is 1. The highest BCUT2D eigenvalue weighted by Gasteiger charge is 2.18. The highest BCUT2D eigenvalue weighted by Crippen LogP contribution is 2.30. The quantitative estimate of drug-likeness (QED) is 0.712. The number of nitrogens with zero attached hydrogens (tertiary/aromatic N) is 2. The molecule has 1 aliphatic heterocycles. The number of carbonyl (C=O) groups is 1. The van der Waals surface area contributed by atoms with E-state index in [4.69, 9.17) is 4.74 Å². The predicted octanol–water partition coefficient (Wildman–Crippen LogP) is 4.79. The largest absolute Gasteiger partial charge is 0.497 e. The fourth-order valence-corrected chi connectivity index (χ4v) is 3.73. The lowest BCUT2D eigenvalue weighted by Gasteiger charge is -2.30. The number of amides is 1. The molecular weight excluding hydrogens is 350 g/mol. The lowest BCUT2D eigenvalue weighted by molar-refractivity contribution is 0.102. The van der Waals surface area contributed by atoms with Gasteiger partial charge in [0.1, 0.15) is 11.4 Å². The molecule has 0 spiro atoms. The van der Waals surface area contributed by atoms with Gasteiger partial charge in [0.25, 0.3) is 5.91 Å². The van der Waals surface area contributed by atoms with Crippen LogP contribution in [-0.4, -0.2) is 31.1 Å². The van der Waals surface area contributed by atoms with Crippen LogP contribution >= 0.6 is 0 Å². The molecule has 1 aromatic heterocycles. The summed E-state index contributed by atoms with van der Waals surface area (Å²) >= 11 is 0. The number of methoxy groups -OCH3 is 1. The molecule has 144 valence electrons. The van der Waals surface area contributed by atoms with Crippen molar-refractivity contribution in [1.29, 1.82) is 0 Å². The van der Waals surface area contributed by atoms with Gasteiger partial charge in [0.2, 0.25) is 0 Å². The van der Waals surface area contributed by atoms with Gasteiger partial charge in [0.05, 0.1) is 12.6 Å². The second-order valence-electron chi connectivity index (χ2n) is 7.28. The minimum atomic E-state index is -0.214. The average Bonchev–Trinajstić information content (AvgIpc) is 2.73. The molecule has 4 rings (SSSR count). The number of aryl methyl sites for hydroxylation is 1. The first-order valence-electron chi connectivity index (χ1n) is 9.76. The molecule has 1 N–H and O–H groups in total. The zero-order valence-corrected chi connectivity index (χ0v) is 16.4. The Hall–Kier alpha value is -3.08. The van der Waals surface area contributed by atoms with Crippen LogP contribution in [-0.2, 0) is 0 Å². The van der Waals surface area contributed by atoms with E-state index in [1.165, 1.54) is 24.8 Å². The standard InChI is InChI=1S/C23H25N3O2/c1-16-9-10-20-19(13-16)22(26-11-4-3-5-12-26)15-21(25-20)23(27)24-17-7-6-8-18(14-17)28-2/h6-10,13-15H,3-5,11-12H2,1-2H3,(H,24,27). The first-order chi connectivity index (χ1) is 13.6. The second kappa shape index (κ2) is 7.89. The van der Waals surface area contributed by atoms with Crippen molar-refractivity contribution in [3.63, 3.8) is 0 Å². The van der Waals surface area contributed by atoms with Crippen molar-refractivity contribution < 1.29 is 9.53 Å². The van der Waals surface area contributed by atoms with Crippen molar-refractivity contribution in [2.75, 3.05) is 30.4 Å². The van der Waals surface area contributed by atoms with E-state index < -0.39 is 0 Å². The molecule has 0 unspecified atom stereocenters. The Bertz CT molecular complexity index is 1010. The van der Waals surface area contributed by atoms with E-state index in [2.05, 4.69) is 28.2 Å². The van der Waals surface area contributed by atoms with E-state index >= 15 is 0 Å². The molecule has 5 heteroatoms. The Morgan fingerprint density at radius 2 is 1.89 bits per heavy atom. The van der Waals surface area contributed by atoms with Crippen LogP contribution in [0.4, 0.5) is 11.4 Å². The minimum Gasteiger partial charge on any atom is -0.497 e. The number of nitrogens with one attached hydrogen (secondary N) is 1. The van der Waals surface area contributed by atoms with Gasteiger partial charge in [-0.05, 0) is 56.5 Å². The lowest BCUT2D eigenvalue weighted by atomic mass is 10.1. The van der Waals surface area contributed by atoms with Crippen LogP contribution in [0, 0.1) is 6.92 Å². The number of hydrogen-bond acceptors (Lipinski definition) is 4. The summed E-state index contributed by atoms with van der Waals surface area (Å²) in [7, 11) is 1.61. The number of anilines is 2. The summed E-state index contributed by atoms with van der Waals surface area (Å²) in [6.45, 7) is 4.12. The zero-order chi connectivity index (χ0) is 19.5. The Morgan fingerprint density at radius 3 is 2.68 bits per heavy atom. The number of aromatic nitrogens is 1. The number of benzene rings is 2. The van der Waals surface area contributed by atoms with Gasteiger partial charge >= 0.3 is 0 Å². The van der Waals surface area contributed by atoms with E-state index in [1.54, 1.807) is 13.2 Å². The van der Waals surface area contributed by atoms with Crippen molar-refractivity contribution in [3.05, 3.63) is 59.8 Å². The Balaban J connectivity index is 1.72. The number of hydrogen-bond donors (Lipinski definition) is 1. The van der Waals surface area contributed by atoms with E-state index in [1.807, 2.05) is 36.4 Å². The van der Waals surface area contributed by atoms with Crippen molar-refractivity contribution in [2.45, 2.75) is 26.2 Å². The third-order valence-electron chi connectivity index (χ3n) is 5.20. The molecule has 0 saturated carbocycles. The molecule has 3 aromatic rings. The first kappa shape index (κ1) is 18.3. The highest BCUT2D eigenvalue weighted by atomic mass is 16.5. The molecule has 28 heavy (non-hydrogen) atoms. The van der Waals surface area contributed by atoms with Gasteiger partial charge in [-0.2, -0.15) is 0 Å². The highest BCUT2D eigenvalue weighted by molar-refractivity contribution is 6.06. The predicted molar refractivity (Wildman–Crippen MR) is 113 cm³/mol. The number of fused-ring (bicyclic) bond motifs is 1. The third kappa shape index (κ3) is 3.79. The van der Waals surface area contributed by atoms with Crippen molar-refractivity contribution in [1.82, 2.24) is 4.98 Å². The maximum absolute atomic E-state index is 12.9. The van der Waals surface area contributed by atoms with Crippen molar-refractivity contribution in [3.8, 4) is 5.75 Å². The van der Waals surface area contributed by atoms with Crippen LogP contribution in [0.2, 0.25) is 0 Å². The monoisotopic (exact) mass is 375 g/mol. The Kier molecular flexibility index (Phi) is 5.15. The minimum absolute atomic E-state index is 0.214. The molecular formula is C23H25N3O2. The molecule has 2 heterocycles. The van der Waals surface area contributed by atoms with Gasteiger partial charge in [-0.25, -0.2) is 4.98 Å². The van der Waals surface area contributed by atoms with Crippen LogP contribution < -0.4 is 15.0 Å². The topological polar surface area (TPSA) is 54.5 Å². The van der Waals surface area contributed by atoms with Crippen molar-refractivity contribution in [2.24, 2.45) is 0 Å². The van der Waals surface area contributed by atoms with Crippen LogP contribution in [0.15, 0.2) is 48.5 Å². The average molecular weight is 375 g/mol. The SMILES string of the molecule is COc1cccc(NC(=O)c2cc(N3CCCCC3)c3cc(C)ccc3n2)c1. The molecule has 2 aromatic carbocycles. The number of ether oxygens (including phenoxy) is 1. The van der Waals surface area contributed by atoms with E-state index in [9.17, 15) is 4.79 Å². The number of carbonyl (C=O) groups excluding carboxylic acids is 1. The fourth-order valence-electron chi connectivity index (χ4n) is 3.73. The molecule has 1 aliphatic rings. The van der Waals surface area contributed by atoms with Gasteiger partial charge in [0.15, 0.2) is 0 Å². The zero-order valence-electron chi connectivity index (χ0n) is 16.4. The van der Waals surface area contributed by atoms with E-state index in [0.29, 0.717) is 17.1 Å². The summed E-state index contributed by atoms with van der Waals surface area (Å²) in [4.78, 5) is 20.0. The van der Waals surface area contributed by atoms with Crippen LogP contribution in [0.3, 0.4) is 0 Å². The van der Waals surface area contributed by atoms with Crippen LogP contribution in [0.5, 0.6) is 5.75 Å². The van der Waals surface area contributed by atoms with E-state index in [0.717, 1.165) is 29.7 Å². The van der Waals surface area contributed by atoms with Gasteiger partial charge < -0.3 is 15.0 Å². The smallest absolute Gasteiger partial charge is 0.274 e. The van der Waals surface area contributed by atoms with Gasteiger partial charge in [-0.3, -0.25) is 4.79 Å². The normalized spacial score (nSPS) is 14.1. The van der Waals surface area contributed by atoms with E-state index in [-0.39, 0.29) is 5.91 Å². The molecule has 1 fully saturated rings. The summed E-state index contributed by atoms with van der Waals surface area (Å²) in [5.41, 5.74) is 4.27. The maximum Gasteiger partial charge on any atom is 0.274 e. The lowest BCUT2D eigenvalue weighted by Crippen LogP contribution is -2.30. The van der Waals surface area contributed by atoms with Crippen molar-refractivity contribution >= 4 is 28.2 Å². The van der Waals surface area contributed by atoms with Gasteiger partial charge in [-0.15, -0.1) is 0 Å². The summed E-state index contributed by atoms with van der Waals surface area (Å²) in [5, 5.41) is 4.05. The third-order valence-corrected chi connectivity index (χ3v) is 5.20. The first-order valence-corrected chi connectivity index (χ1v) is 9.76. The summed E-state index contributed by atoms with van der Waals surface area (Å²) in [6, 6.07) is 15.5. The Morgan fingerprint density at radius 1 is 1.07 bits per heavy atom. The van der Waals surface area contributed by atoms with Crippen LogP contribution in [0.1, 0.15) is 35.3 Å². The number of rotatable bonds is 4. The molecule has 0 radical (unpaired) electrons.